The van der Waals surface area contributed by atoms with E-state index in [1.807, 2.05) is 0 Å². The van der Waals surface area contributed by atoms with Gasteiger partial charge in [-0.05, 0) is 43.5 Å². The van der Waals surface area contributed by atoms with Crippen LogP contribution in [0.3, 0.4) is 0 Å². The quantitative estimate of drug-likeness (QED) is 0.851. The Kier molecular flexibility index (Phi) is 2.90. The first-order valence-electron chi connectivity index (χ1n) is 6.07. The minimum absolute atomic E-state index is 0.781. The Morgan fingerprint density at radius 3 is 3.12 bits per heavy atom. The van der Waals surface area contributed by atoms with E-state index < -0.39 is 0 Å². The second-order valence-corrected chi connectivity index (χ2v) is 5.74. The third kappa shape index (κ3) is 1.98. The lowest BCUT2D eigenvalue weighted by molar-refractivity contribution is 0.376. The van der Waals surface area contributed by atoms with Crippen molar-refractivity contribution in [3.63, 3.8) is 0 Å². The van der Waals surface area contributed by atoms with E-state index in [2.05, 4.69) is 50.4 Å². The smallest absolute Gasteiger partial charge is 0.0377 e. The molecule has 1 aromatic carbocycles. The molecule has 0 spiro atoms. The number of nitrogens with zero attached hydrogens (tertiary/aromatic N) is 1. The van der Waals surface area contributed by atoms with Gasteiger partial charge >= 0.3 is 0 Å². The van der Waals surface area contributed by atoms with Crippen molar-refractivity contribution in [3.8, 4) is 0 Å². The van der Waals surface area contributed by atoms with Crippen LogP contribution in [0.1, 0.15) is 12.8 Å². The first kappa shape index (κ1) is 10.6. The van der Waals surface area contributed by atoms with Crippen molar-refractivity contribution in [1.82, 2.24) is 5.32 Å². The molecule has 0 aromatic heterocycles. The molecule has 0 amide bonds. The predicted octanol–water partition coefficient (Wildman–Crippen LogP) is 2.64. The van der Waals surface area contributed by atoms with Crippen LogP contribution in [-0.4, -0.2) is 25.7 Å². The monoisotopic (exact) mass is 280 g/mol. The van der Waals surface area contributed by atoms with Crippen LogP contribution in [0.25, 0.3) is 0 Å². The van der Waals surface area contributed by atoms with Crippen LogP contribution in [-0.2, 0) is 0 Å². The summed E-state index contributed by atoms with van der Waals surface area (Å²) >= 11 is 3.55. The van der Waals surface area contributed by atoms with Crippen LogP contribution >= 0.6 is 15.9 Å². The van der Waals surface area contributed by atoms with E-state index in [-0.39, 0.29) is 0 Å². The highest BCUT2D eigenvalue weighted by atomic mass is 79.9. The zero-order chi connectivity index (χ0) is 11.0. The van der Waals surface area contributed by atoms with Crippen molar-refractivity contribution in [1.29, 1.82) is 0 Å². The normalized spacial score (nSPS) is 29.2. The average molecular weight is 281 g/mol. The summed E-state index contributed by atoms with van der Waals surface area (Å²) in [6.07, 6.45) is 2.63. The van der Waals surface area contributed by atoms with E-state index in [9.17, 15) is 0 Å². The van der Waals surface area contributed by atoms with E-state index >= 15 is 0 Å². The molecule has 2 heterocycles. The molecule has 2 aliphatic rings. The summed E-state index contributed by atoms with van der Waals surface area (Å²) in [5.41, 5.74) is 1.36. The van der Waals surface area contributed by atoms with Crippen molar-refractivity contribution in [2.75, 3.05) is 24.5 Å². The molecule has 2 fully saturated rings. The molecular weight excluding hydrogens is 264 g/mol. The number of benzene rings is 1. The number of anilines is 1. The highest BCUT2D eigenvalue weighted by Gasteiger charge is 2.32. The SMILES string of the molecule is Brc1cccc(N2CCC3NCCC3C2)c1. The largest absolute Gasteiger partial charge is 0.371 e. The van der Waals surface area contributed by atoms with E-state index in [0.29, 0.717) is 0 Å². The van der Waals surface area contributed by atoms with Crippen molar-refractivity contribution in [3.05, 3.63) is 28.7 Å². The lowest BCUT2D eigenvalue weighted by atomic mass is 9.93. The summed E-state index contributed by atoms with van der Waals surface area (Å²) < 4.78 is 1.18. The van der Waals surface area contributed by atoms with Gasteiger partial charge in [-0.3, -0.25) is 0 Å². The predicted molar refractivity (Wildman–Crippen MR) is 70.9 cm³/mol. The Balaban J connectivity index is 1.76. The lowest BCUT2D eigenvalue weighted by Gasteiger charge is -2.36. The Bertz CT molecular complexity index is 380. The molecule has 86 valence electrons. The fourth-order valence-electron chi connectivity index (χ4n) is 2.95. The van der Waals surface area contributed by atoms with Gasteiger partial charge in [-0.25, -0.2) is 0 Å². The number of piperidine rings is 1. The van der Waals surface area contributed by atoms with Gasteiger partial charge in [0.25, 0.3) is 0 Å². The maximum absolute atomic E-state index is 3.61. The second-order valence-electron chi connectivity index (χ2n) is 4.82. The molecule has 2 nitrogen and oxygen atoms in total. The lowest BCUT2D eigenvalue weighted by Crippen LogP contribution is -2.44. The summed E-state index contributed by atoms with van der Waals surface area (Å²) in [5.74, 6) is 0.854. The fraction of sp³-hybridized carbons (Fsp3) is 0.538. The molecule has 2 unspecified atom stereocenters. The van der Waals surface area contributed by atoms with Gasteiger partial charge < -0.3 is 10.2 Å². The number of halogens is 1. The summed E-state index contributed by atoms with van der Waals surface area (Å²) in [6.45, 7) is 3.61. The highest BCUT2D eigenvalue weighted by Crippen LogP contribution is 2.29. The topological polar surface area (TPSA) is 15.3 Å². The van der Waals surface area contributed by atoms with Crippen LogP contribution in [0.4, 0.5) is 5.69 Å². The molecule has 16 heavy (non-hydrogen) atoms. The van der Waals surface area contributed by atoms with Gasteiger partial charge in [-0.15, -0.1) is 0 Å². The maximum atomic E-state index is 3.61. The summed E-state index contributed by atoms with van der Waals surface area (Å²) in [7, 11) is 0. The molecule has 2 atom stereocenters. The molecule has 3 rings (SSSR count). The molecule has 2 saturated heterocycles. The van der Waals surface area contributed by atoms with Gasteiger partial charge in [0.1, 0.15) is 0 Å². The molecule has 0 radical (unpaired) electrons. The number of hydrogen-bond donors (Lipinski definition) is 1. The van der Waals surface area contributed by atoms with Crippen LogP contribution in [0.15, 0.2) is 28.7 Å². The molecule has 0 saturated carbocycles. The minimum Gasteiger partial charge on any atom is -0.371 e. The Hall–Kier alpha value is -0.540. The standard InChI is InChI=1S/C13H17BrN2/c14-11-2-1-3-12(8-11)16-7-5-13-10(9-16)4-6-15-13/h1-3,8,10,13,15H,4-7,9H2. The van der Waals surface area contributed by atoms with E-state index in [4.69, 9.17) is 0 Å². The molecule has 1 N–H and O–H groups in total. The summed E-state index contributed by atoms with van der Waals surface area (Å²) in [6, 6.07) is 9.44. The van der Waals surface area contributed by atoms with E-state index in [0.717, 1.165) is 12.0 Å². The molecule has 0 aliphatic carbocycles. The van der Waals surface area contributed by atoms with Gasteiger partial charge in [0, 0.05) is 29.3 Å². The van der Waals surface area contributed by atoms with Crippen LogP contribution in [0.2, 0.25) is 0 Å². The Labute approximate surface area is 105 Å². The first-order valence-corrected chi connectivity index (χ1v) is 6.86. The van der Waals surface area contributed by atoms with Crippen molar-refractivity contribution >= 4 is 21.6 Å². The first-order chi connectivity index (χ1) is 7.83. The Morgan fingerprint density at radius 1 is 1.31 bits per heavy atom. The van der Waals surface area contributed by atoms with Crippen molar-refractivity contribution < 1.29 is 0 Å². The van der Waals surface area contributed by atoms with Crippen LogP contribution < -0.4 is 10.2 Å². The van der Waals surface area contributed by atoms with Crippen molar-refractivity contribution in [2.24, 2.45) is 5.92 Å². The molecule has 3 heteroatoms. The van der Waals surface area contributed by atoms with Gasteiger partial charge in [0.05, 0.1) is 0 Å². The number of nitrogens with one attached hydrogen (secondary N) is 1. The number of fused-ring (bicyclic) bond motifs is 1. The van der Waals surface area contributed by atoms with Gasteiger partial charge in [0.15, 0.2) is 0 Å². The zero-order valence-electron chi connectivity index (χ0n) is 9.32. The fourth-order valence-corrected chi connectivity index (χ4v) is 3.34. The zero-order valence-corrected chi connectivity index (χ0v) is 10.9. The van der Waals surface area contributed by atoms with Crippen LogP contribution in [0.5, 0.6) is 0 Å². The van der Waals surface area contributed by atoms with Gasteiger partial charge in [-0.2, -0.15) is 0 Å². The molecule has 2 aliphatic heterocycles. The van der Waals surface area contributed by atoms with Gasteiger partial charge in [-0.1, -0.05) is 22.0 Å². The van der Waals surface area contributed by atoms with E-state index in [1.165, 1.54) is 42.6 Å². The van der Waals surface area contributed by atoms with Gasteiger partial charge in [0.2, 0.25) is 0 Å². The second kappa shape index (κ2) is 4.38. The third-order valence-electron chi connectivity index (χ3n) is 3.83. The average Bonchev–Trinajstić information content (AvgIpc) is 2.75. The molecule has 0 bridgehead atoms. The maximum Gasteiger partial charge on any atom is 0.0377 e. The number of hydrogen-bond acceptors (Lipinski definition) is 2. The molecular formula is C13H17BrN2. The summed E-state index contributed by atoms with van der Waals surface area (Å²) in [4.78, 5) is 2.53. The highest BCUT2D eigenvalue weighted by molar-refractivity contribution is 9.10. The Morgan fingerprint density at radius 2 is 2.25 bits per heavy atom. The third-order valence-corrected chi connectivity index (χ3v) is 4.32. The number of rotatable bonds is 1. The van der Waals surface area contributed by atoms with Crippen LogP contribution in [0, 0.1) is 5.92 Å². The molecule has 1 aromatic rings. The van der Waals surface area contributed by atoms with E-state index in [1.54, 1.807) is 0 Å². The van der Waals surface area contributed by atoms with Crippen molar-refractivity contribution in [2.45, 2.75) is 18.9 Å². The minimum atomic E-state index is 0.781. The summed E-state index contributed by atoms with van der Waals surface area (Å²) in [5, 5.41) is 3.61.